The summed E-state index contributed by atoms with van der Waals surface area (Å²) in [7, 11) is 0. The third kappa shape index (κ3) is 3.49. The van der Waals surface area contributed by atoms with E-state index in [-0.39, 0.29) is 12.1 Å². The lowest BCUT2D eigenvalue weighted by Crippen LogP contribution is -2.40. The Labute approximate surface area is 123 Å². The topological polar surface area (TPSA) is 63.2 Å². The highest BCUT2D eigenvalue weighted by Gasteiger charge is 2.35. The summed E-state index contributed by atoms with van der Waals surface area (Å²) in [5.41, 5.74) is 1.03. The second kappa shape index (κ2) is 6.10. The highest BCUT2D eigenvalue weighted by Crippen LogP contribution is 2.41. The minimum atomic E-state index is -0.0818. The lowest BCUT2D eigenvalue weighted by Gasteiger charge is -2.17. The average Bonchev–Trinajstić information content (AvgIpc) is 2.96. The summed E-state index contributed by atoms with van der Waals surface area (Å²) < 4.78 is 5.31. The van der Waals surface area contributed by atoms with Gasteiger partial charge in [0.25, 0.3) is 0 Å². The van der Waals surface area contributed by atoms with E-state index in [4.69, 9.17) is 4.74 Å². The number of carbonyl (C=O) groups excluding carboxylic acids is 1. The summed E-state index contributed by atoms with van der Waals surface area (Å²) in [4.78, 5) is 16.6. The molecule has 1 saturated carbocycles. The van der Waals surface area contributed by atoms with Crippen LogP contribution in [0.5, 0.6) is 0 Å². The van der Waals surface area contributed by atoms with Gasteiger partial charge in [-0.1, -0.05) is 0 Å². The van der Waals surface area contributed by atoms with Crippen LogP contribution in [-0.2, 0) is 4.74 Å². The summed E-state index contributed by atoms with van der Waals surface area (Å²) in [6.07, 6.45) is 3.40. The van der Waals surface area contributed by atoms with Crippen molar-refractivity contribution in [1.82, 2.24) is 15.6 Å². The number of carbonyl (C=O) groups is 1. The van der Waals surface area contributed by atoms with Gasteiger partial charge in [-0.15, -0.1) is 11.3 Å². The number of urea groups is 1. The number of hydrogen-bond acceptors (Lipinski definition) is 4. The molecule has 2 heterocycles. The maximum atomic E-state index is 12.0. The van der Waals surface area contributed by atoms with Gasteiger partial charge in [-0.2, -0.15) is 0 Å². The molecule has 2 unspecified atom stereocenters. The van der Waals surface area contributed by atoms with Crippen LogP contribution >= 0.6 is 11.3 Å². The van der Waals surface area contributed by atoms with Crippen LogP contribution in [-0.4, -0.2) is 30.8 Å². The van der Waals surface area contributed by atoms with Crippen molar-refractivity contribution in [1.29, 1.82) is 0 Å². The molecule has 1 aliphatic carbocycles. The van der Waals surface area contributed by atoms with E-state index in [1.54, 1.807) is 11.3 Å². The molecular weight excluding hydrogens is 274 g/mol. The van der Waals surface area contributed by atoms with Crippen LogP contribution < -0.4 is 10.6 Å². The molecule has 0 radical (unpaired) electrons. The average molecular weight is 295 g/mol. The zero-order chi connectivity index (χ0) is 13.9. The van der Waals surface area contributed by atoms with E-state index in [0.717, 1.165) is 30.3 Å². The molecule has 1 aromatic rings. The predicted octanol–water partition coefficient (Wildman–Crippen LogP) is 2.24. The van der Waals surface area contributed by atoms with Gasteiger partial charge in [0.1, 0.15) is 5.01 Å². The van der Waals surface area contributed by atoms with Crippen molar-refractivity contribution in [2.45, 2.75) is 32.2 Å². The van der Waals surface area contributed by atoms with Crippen molar-refractivity contribution in [3.63, 3.8) is 0 Å². The molecule has 2 fully saturated rings. The normalized spacial score (nSPS) is 23.6. The molecule has 1 aromatic heterocycles. The maximum absolute atomic E-state index is 12.0. The second-order valence-electron chi connectivity index (χ2n) is 5.73. The Bertz CT molecular complexity index is 467. The van der Waals surface area contributed by atoms with Crippen molar-refractivity contribution in [3.8, 4) is 0 Å². The van der Waals surface area contributed by atoms with Crippen molar-refractivity contribution in [3.05, 3.63) is 16.1 Å². The number of aromatic nitrogens is 1. The van der Waals surface area contributed by atoms with Gasteiger partial charge in [0, 0.05) is 30.1 Å². The zero-order valence-electron chi connectivity index (χ0n) is 11.7. The molecule has 20 heavy (non-hydrogen) atoms. The van der Waals surface area contributed by atoms with Gasteiger partial charge in [0.05, 0.1) is 12.6 Å². The molecule has 110 valence electrons. The Hall–Kier alpha value is -1.14. The van der Waals surface area contributed by atoms with E-state index in [2.05, 4.69) is 15.6 Å². The van der Waals surface area contributed by atoms with Crippen molar-refractivity contribution in [2.24, 2.45) is 11.8 Å². The van der Waals surface area contributed by atoms with Crippen LogP contribution in [0.2, 0.25) is 0 Å². The number of nitrogens with one attached hydrogen (secondary N) is 2. The molecule has 0 bridgehead atoms. The number of amides is 2. The monoisotopic (exact) mass is 295 g/mol. The van der Waals surface area contributed by atoms with Crippen LogP contribution in [0, 0.1) is 18.8 Å². The van der Waals surface area contributed by atoms with Crippen LogP contribution in [0.25, 0.3) is 0 Å². The molecule has 2 amide bonds. The first-order valence-corrected chi connectivity index (χ1v) is 8.14. The fourth-order valence-electron chi connectivity index (χ4n) is 2.50. The first kappa shape index (κ1) is 13.8. The third-order valence-electron chi connectivity index (χ3n) is 3.86. The van der Waals surface area contributed by atoms with Gasteiger partial charge in [-0.05, 0) is 32.1 Å². The van der Waals surface area contributed by atoms with E-state index in [9.17, 15) is 4.79 Å². The summed E-state index contributed by atoms with van der Waals surface area (Å²) in [5, 5.41) is 9.12. The molecule has 1 saturated heterocycles. The van der Waals surface area contributed by atoms with Gasteiger partial charge < -0.3 is 15.4 Å². The summed E-state index contributed by atoms with van der Waals surface area (Å²) in [6, 6.07) is -0.00446. The van der Waals surface area contributed by atoms with Gasteiger partial charge in [-0.25, -0.2) is 9.78 Å². The Morgan fingerprint density at radius 3 is 3.00 bits per heavy atom. The standard InChI is InChI=1S/C14H21N3O2S/c1-9-8-20-13(16-9)12(11-2-3-11)17-14(18)15-6-10-4-5-19-7-10/h8,10-12H,2-7H2,1H3,(H2,15,17,18). The SMILES string of the molecule is Cc1csc(C(NC(=O)NCC2CCOC2)C2CC2)n1. The fourth-order valence-corrected chi connectivity index (χ4v) is 3.44. The lowest BCUT2D eigenvalue weighted by atomic mass is 10.1. The highest BCUT2D eigenvalue weighted by molar-refractivity contribution is 7.09. The second-order valence-corrected chi connectivity index (χ2v) is 6.62. The van der Waals surface area contributed by atoms with Crippen LogP contribution in [0.15, 0.2) is 5.38 Å². The number of nitrogens with zero attached hydrogens (tertiary/aromatic N) is 1. The Balaban J connectivity index is 1.52. The lowest BCUT2D eigenvalue weighted by molar-refractivity contribution is 0.185. The summed E-state index contributed by atoms with van der Waals surface area (Å²) >= 11 is 1.64. The summed E-state index contributed by atoms with van der Waals surface area (Å²) in [6.45, 7) is 4.26. The van der Waals surface area contributed by atoms with Gasteiger partial charge in [-0.3, -0.25) is 0 Å². The van der Waals surface area contributed by atoms with E-state index in [1.807, 2.05) is 12.3 Å². The fraction of sp³-hybridized carbons (Fsp3) is 0.714. The first-order chi connectivity index (χ1) is 9.72. The minimum absolute atomic E-state index is 0.0773. The number of rotatable bonds is 5. The van der Waals surface area contributed by atoms with E-state index < -0.39 is 0 Å². The maximum Gasteiger partial charge on any atom is 0.315 e. The van der Waals surface area contributed by atoms with Crippen molar-refractivity contribution in [2.75, 3.05) is 19.8 Å². The third-order valence-corrected chi connectivity index (χ3v) is 4.90. The molecule has 2 N–H and O–H groups in total. The molecule has 0 spiro atoms. The number of aryl methyl sites for hydroxylation is 1. The molecular formula is C14H21N3O2S. The van der Waals surface area contributed by atoms with Gasteiger partial charge >= 0.3 is 6.03 Å². The Morgan fingerprint density at radius 2 is 2.40 bits per heavy atom. The van der Waals surface area contributed by atoms with Gasteiger partial charge in [0.15, 0.2) is 0 Å². The smallest absolute Gasteiger partial charge is 0.315 e. The van der Waals surface area contributed by atoms with Crippen LogP contribution in [0.3, 0.4) is 0 Å². The van der Waals surface area contributed by atoms with Crippen molar-refractivity contribution < 1.29 is 9.53 Å². The molecule has 5 nitrogen and oxygen atoms in total. The largest absolute Gasteiger partial charge is 0.381 e. The number of thiazole rings is 1. The zero-order valence-corrected chi connectivity index (χ0v) is 12.5. The first-order valence-electron chi connectivity index (χ1n) is 7.26. The number of hydrogen-bond donors (Lipinski definition) is 2. The molecule has 3 rings (SSSR count). The summed E-state index contributed by atoms with van der Waals surface area (Å²) in [5.74, 6) is 1.02. The molecule has 1 aliphatic heterocycles. The highest BCUT2D eigenvalue weighted by atomic mass is 32.1. The van der Waals surface area contributed by atoms with E-state index in [0.29, 0.717) is 18.4 Å². The Kier molecular flexibility index (Phi) is 4.21. The molecule has 6 heteroatoms. The predicted molar refractivity (Wildman–Crippen MR) is 77.8 cm³/mol. The Morgan fingerprint density at radius 1 is 1.55 bits per heavy atom. The van der Waals surface area contributed by atoms with E-state index >= 15 is 0 Å². The molecule has 0 aromatic carbocycles. The van der Waals surface area contributed by atoms with E-state index in [1.165, 1.54) is 12.8 Å². The van der Waals surface area contributed by atoms with Crippen molar-refractivity contribution >= 4 is 17.4 Å². The molecule has 2 aliphatic rings. The van der Waals surface area contributed by atoms with Crippen LogP contribution in [0.4, 0.5) is 4.79 Å². The van der Waals surface area contributed by atoms with Crippen LogP contribution in [0.1, 0.15) is 36.0 Å². The van der Waals surface area contributed by atoms with Gasteiger partial charge in [0.2, 0.25) is 0 Å². The number of ether oxygens (including phenoxy) is 1. The molecule has 2 atom stereocenters. The quantitative estimate of drug-likeness (QED) is 0.875. The minimum Gasteiger partial charge on any atom is -0.381 e.